The maximum atomic E-state index is 12.9. The molecule has 0 aromatic heterocycles. The summed E-state index contributed by atoms with van der Waals surface area (Å²) >= 11 is 0. The van der Waals surface area contributed by atoms with Crippen molar-refractivity contribution >= 4 is 5.97 Å². The van der Waals surface area contributed by atoms with Crippen molar-refractivity contribution in [3.63, 3.8) is 0 Å². The fraction of sp³-hybridized carbons (Fsp3) is 0.889. The molecule has 2 unspecified atom stereocenters. The predicted octanol–water partition coefficient (Wildman–Crippen LogP) is 2.14. The fourth-order valence-corrected chi connectivity index (χ4v) is 2.40. The van der Waals surface area contributed by atoms with Gasteiger partial charge in [-0.25, -0.2) is 8.78 Å². The average Bonchev–Trinajstić information content (AvgIpc) is 2.63. The van der Waals surface area contributed by atoms with E-state index in [1.165, 1.54) is 0 Å². The van der Waals surface area contributed by atoms with Gasteiger partial charge in [-0.05, 0) is 25.7 Å². The van der Waals surface area contributed by atoms with Crippen LogP contribution in [0.1, 0.15) is 25.7 Å². The third-order valence-electron chi connectivity index (χ3n) is 3.37. The maximum Gasteiger partial charge on any atom is 0.306 e. The Hall–Kier alpha value is -0.670. The molecule has 2 aliphatic carbocycles. The Morgan fingerprint density at radius 3 is 2.00 bits per heavy atom. The molecule has 2 rings (SSSR count). The van der Waals surface area contributed by atoms with E-state index in [2.05, 4.69) is 0 Å². The van der Waals surface area contributed by atoms with Crippen LogP contribution in [0.25, 0.3) is 0 Å². The van der Waals surface area contributed by atoms with Crippen LogP contribution in [0.5, 0.6) is 0 Å². The second kappa shape index (κ2) is 2.66. The monoisotopic (exact) mass is 190 g/mol. The number of alkyl halides is 2. The van der Waals surface area contributed by atoms with Gasteiger partial charge in [-0.1, -0.05) is 0 Å². The molecule has 13 heavy (non-hydrogen) atoms. The number of halogens is 2. The molecule has 2 saturated carbocycles. The second-order valence-corrected chi connectivity index (χ2v) is 4.08. The van der Waals surface area contributed by atoms with Crippen LogP contribution in [-0.4, -0.2) is 17.0 Å². The Morgan fingerprint density at radius 1 is 1.15 bits per heavy atom. The first kappa shape index (κ1) is 8.91. The molecule has 0 radical (unpaired) electrons. The number of carboxylic acid groups (broad SMARTS) is 1. The summed E-state index contributed by atoms with van der Waals surface area (Å²) in [6.07, 6.45) is 1.61. The van der Waals surface area contributed by atoms with Gasteiger partial charge in [-0.3, -0.25) is 4.79 Å². The number of fused-ring (bicyclic) bond motifs is 1. The van der Waals surface area contributed by atoms with Crippen LogP contribution in [0.3, 0.4) is 0 Å². The second-order valence-electron chi connectivity index (χ2n) is 4.08. The van der Waals surface area contributed by atoms with E-state index in [9.17, 15) is 13.6 Å². The number of hydrogen-bond acceptors (Lipinski definition) is 1. The van der Waals surface area contributed by atoms with Gasteiger partial charge in [0.05, 0.1) is 5.92 Å². The molecule has 0 amide bonds. The molecule has 2 fully saturated rings. The highest BCUT2D eigenvalue weighted by Gasteiger charge is 2.67. The standard InChI is InChI=1S/C9H12F2O2/c10-9(11)6-3-1-5(8(12)13)2-4-7(6)9/h5-7H,1-4H2,(H,12,13). The summed E-state index contributed by atoms with van der Waals surface area (Å²) in [6.45, 7) is 0. The summed E-state index contributed by atoms with van der Waals surface area (Å²) in [5.41, 5.74) is 0. The van der Waals surface area contributed by atoms with Crippen LogP contribution < -0.4 is 0 Å². The van der Waals surface area contributed by atoms with E-state index in [1.807, 2.05) is 0 Å². The van der Waals surface area contributed by atoms with Gasteiger partial charge in [0.25, 0.3) is 5.92 Å². The molecule has 0 aliphatic heterocycles. The molecule has 2 nitrogen and oxygen atoms in total. The third kappa shape index (κ3) is 1.32. The Labute approximate surface area is 74.9 Å². The predicted molar refractivity (Wildman–Crippen MR) is 41.5 cm³/mol. The molecule has 0 spiro atoms. The molecule has 2 atom stereocenters. The minimum atomic E-state index is -2.48. The van der Waals surface area contributed by atoms with Gasteiger partial charge in [-0.2, -0.15) is 0 Å². The number of aliphatic carboxylic acids is 1. The zero-order chi connectivity index (χ0) is 9.64. The molecular weight excluding hydrogens is 178 g/mol. The van der Waals surface area contributed by atoms with Gasteiger partial charge in [0, 0.05) is 11.8 Å². The van der Waals surface area contributed by atoms with Crippen molar-refractivity contribution < 1.29 is 18.7 Å². The minimum Gasteiger partial charge on any atom is -0.481 e. The third-order valence-corrected chi connectivity index (χ3v) is 3.37. The van der Waals surface area contributed by atoms with E-state index in [-0.39, 0.29) is 5.92 Å². The Kier molecular flexibility index (Phi) is 1.82. The molecule has 0 aromatic carbocycles. The lowest BCUT2D eigenvalue weighted by Gasteiger charge is -2.09. The van der Waals surface area contributed by atoms with Crippen LogP contribution >= 0.6 is 0 Å². The summed E-state index contributed by atoms with van der Waals surface area (Å²) in [5, 5.41) is 8.71. The Morgan fingerprint density at radius 2 is 1.62 bits per heavy atom. The lowest BCUT2D eigenvalue weighted by atomic mass is 9.98. The molecule has 2 aliphatic rings. The quantitative estimate of drug-likeness (QED) is 0.687. The van der Waals surface area contributed by atoms with Gasteiger partial charge in [0.2, 0.25) is 0 Å². The van der Waals surface area contributed by atoms with Crippen LogP contribution in [0.2, 0.25) is 0 Å². The van der Waals surface area contributed by atoms with Crippen molar-refractivity contribution in [1.29, 1.82) is 0 Å². The minimum absolute atomic E-state index is 0.384. The lowest BCUT2D eigenvalue weighted by Crippen LogP contribution is -2.14. The summed E-state index contributed by atoms with van der Waals surface area (Å²) < 4.78 is 25.7. The summed E-state index contributed by atoms with van der Waals surface area (Å²) in [5.74, 6) is -4.73. The first-order chi connectivity index (χ1) is 6.03. The van der Waals surface area contributed by atoms with E-state index in [1.54, 1.807) is 0 Å². The molecule has 1 N–H and O–H groups in total. The van der Waals surface area contributed by atoms with Crippen LogP contribution in [-0.2, 0) is 4.79 Å². The van der Waals surface area contributed by atoms with Crippen LogP contribution in [0.15, 0.2) is 0 Å². The maximum absolute atomic E-state index is 12.9. The van der Waals surface area contributed by atoms with Crippen molar-refractivity contribution in [3.05, 3.63) is 0 Å². The molecule has 0 saturated heterocycles. The normalized spacial score (nSPS) is 41.8. The Bertz CT molecular complexity index is 224. The van der Waals surface area contributed by atoms with Gasteiger partial charge >= 0.3 is 5.97 Å². The van der Waals surface area contributed by atoms with Crippen LogP contribution in [0, 0.1) is 17.8 Å². The molecule has 0 aromatic rings. The molecular formula is C9H12F2O2. The number of carbonyl (C=O) groups is 1. The highest BCUT2D eigenvalue weighted by Crippen LogP contribution is 2.61. The van der Waals surface area contributed by atoms with Crippen molar-refractivity contribution in [2.24, 2.45) is 17.8 Å². The molecule has 4 heteroatoms. The van der Waals surface area contributed by atoms with Gasteiger partial charge < -0.3 is 5.11 Å². The average molecular weight is 190 g/mol. The Balaban J connectivity index is 1.96. The van der Waals surface area contributed by atoms with Crippen molar-refractivity contribution in [2.75, 3.05) is 0 Å². The summed E-state index contributed by atoms with van der Waals surface area (Å²) in [6, 6.07) is 0. The SMILES string of the molecule is O=C(O)C1CCC2C(CC1)C2(F)F. The number of rotatable bonds is 1. The van der Waals surface area contributed by atoms with Gasteiger partial charge in [0.1, 0.15) is 0 Å². The zero-order valence-electron chi connectivity index (χ0n) is 7.17. The summed E-state index contributed by atoms with van der Waals surface area (Å²) in [4.78, 5) is 10.6. The molecule has 0 bridgehead atoms. The molecule has 0 heterocycles. The zero-order valence-corrected chi connectivity index (χ0v) is 7.17. The fourth-order valence-electron chi connectivity index (χ4n) is 2.40. The smallest absolute Gasteiger partial charge is 0.306 e. The van der Waals surface area contributed by atoms with Gasteiger partial charge in [-0.15, -0.1) is 0 Å². The highest BCUT2D eigenvalue weighted by molar-refractivity contribution is 5.69. The topological polar surface area (TPSA) is 37.3 Å². The first-order valence-corrected chi connectivity index (χ1v) is 4.64. The number of hydrogen-bond donors (Lipinski definition) is 1. The van der Waals surface area contributed by atoms with E-state index in [0.717, 1.165) is 0 Å². The van der Waals surface area contributed by atoms with E-state index in [4.69, 9.17) is 5.11 Å². The lowest BCUT2D eigenvalue weighted by molar-refractivity contribution is -0.142. The summed E-state index contributed by atoms with van der Waals surface area (Å²) in [7, 11) is 0. The van der Waals surface area contributed by atoms with E-state index >= 15 is 0 Å². The molecule has 74 valence electrons. The largest absolute Gasteiger partial charge is 0.481 e. The first-order valence-electron chi connectivity index (χ1n) is 4.64. The van der Waals surface area contributed by atoms with Crippen LogP contribution in [0.4, 0.5) is 8.78 Å². The van der Waals surface area contributed by atoms with Gasteiger partial charge in [0.15, 0.2) is 0 Å². The van der Waals surface area contributed by atoms with Crippen molar-refractivity contribution in [3.8, 4) is 0 Å². The highest BCUT2D eigenvalue weighted by atomic mass is 19.3. The van der Waals surface area contributed by atoms with Crippen molar-refractivity contribution in [1.82, 2.24) is 0 Å². The van der Waals surface area contributed by atoms with E-state index in [0.29, 0.717) is 25.7 Å². The van der Waals surface area contributed by atoms with Crippen molar-refractivity contribution in [2.45, 2.75) is 31.6 Å². The van der Waals surface area contributed by atoms with E-state index < -0.39 is 23.7 Å². The number of carboxylic acids is 1.